The van der Waals surface area contributed by atoms with Gasteiger partial charge in [-0.05, 0) is 93.5 Å². The largest absolute Gasteiger partial charge is 0.491 e. The third kappa shape index (κ3) is 7.19. The quantitative estimate of drug-likeness (QED) is 0.192. The Hall–Kier alpha value is -6.16. The normalized spacial score (nSPS) is 20.8. The van der Waals surface area contributed by atoms with Crippen molar-refractivity contribution in [2.75, 3.05) is 49.5 Å². The van der Waals surface area contributed by atoms with E-state index in [4.69, 9.17) is 9.84 Å². The summed E-state index contributed by atoms with van der Waals surface area (Å²) in [6.45, 7) is 7.24. The van der Waals surface area contributed by atoms with E-state index in [0.29, 0.717) is 52.2 Å². The van der Waals surface area contributed by atoms with Crippen molar-refractivity contribution in [3.63, 3.8) is 0 Å². The number of aromatic nitrogens is 5. The Kier molecular flexibility index (Phi) is 9.38. The number of carbonyl (C=O) groups is 5. The molecular formula is C43H46N10O6. The standard InChI is InChI=1S/C43H46N10O6/c1-25-19-44-39-33(20-45-52(39)21-25)40(55)46-35-16-28-23-51(48-34(28)18-37(35)59-24-27-2-3-27)29-10-12-49(13-11-29)22-26-8-14-50(15-9-26)30-4-5-31-32(17-30)43(58)53(42(31)57)36-6-7-38(54)47-41(36)56/h4-5,16-21,23,26-27,29,36H,2-3,6-15,22,24H2,1H3,(H,46,55)(H,47,54,56). The molecule has 4 aliphatic heterocycles. The number of carbonyl (C=O) groups excluding carboxylic acids is 5. The monoisotopic (exact) mass is 798 g/mol. The van der Waals surface area contributed by atoms with Crippen LogP contribution < -0.4 is 20.3 Å². The fraction of sp³-hybridized carbons (Fsp3) is 0.442. The molecule has 5 aromatic rings. The highest BCUT2D eigenvalue weighted by Gasteiger charge is 2.45. The second-order valence-electron chi connectivity index (χ2n) is 16.8. The summed E-state index contributed by atoms with van der Waals surface area (Å²) >= 11 is 0. The Balaban J connectivity index is 0.749. The molecule has 2 N–H and O–H groups in total. The number of nitrogens with one attached hydrogen (secondary N) is 2. The maximum absolute atomic E-state index is 13.5. The van der Waals surface area contributed by atoms with Crippen LogP contribution in [-0.4, -0.2) is 109 Å². The highest BCUT2D eigenvalue weighted by molar-refractivity contribution is 6.23. The lowest BCUT2D eigenvalue weighted by Crippen LogP contribution is -2.54. The molecule has 10 rings (SSSR count). The molecule has 59 heavy (non-hydrogen) atoms. The summed E-state index contributed by atoms with van der Waals surface area (Å²) in [5.41, 5.74) is 4.79. The van der Waals surface area contributed by atoms with Gasteiger partial charge in [-0.3, -0.25) is 38.9 Å². The number of ether oxygens (including phenoxy) is 1. The lowest BCUT2D eigenvalue weighted by atomic mass is 9.94. The van der Waals surface area contributed by atoms with E-state index in [1.54, 1.807) is 29.0 Å². The Morgan fingerprint density at radius 3 is 2.46 bits per heavy atom. The van der Waals surface area contributed by atoms with E-state index >= 15 is 0 Å². The molecule has 0 radical (unpaired) electrons. The molecule has 1 unspecified atom stereocenters. The number of hydrogen-bond donors (Lipinski definition) is 2. The molecule has 4 fully saturated rings. The van der Waals surface area contributed by atoms with Gasteiger partial charge in [-0.25, -0.2) is 9.50 Å². The number of amides is 5. The summed E-state index contributed by atoms with van der Waals surface area (Å²) in [5, 5.41) is 15.6. The van der Waals surface area contributed by atoms with Crippen LogP contribution in [0.4, 0.5) is 11.4 Å². The zero-order valence-corrected chi connectivity index (χ0v) is 32.9. The first-order chi connectivity index (χ1) is 28.6. The maximum atomic E-state index is 13.5. The van der Waals surface area contributed by atoms with Crippen molar-refractivity contribution in [3.8, 4) is 5.75 Å². The highest BCUT2D eigenvalue weighted by atomic mass is 16.5. The van der Waals surface area contributed by atoms with Crippen LogP contribution in [0.5, 0.6) is 5.75 Å². The van der Waals surface area contributed by atoms with Gasteiger partial charge in [0, 0.05) is 74.9 Å². The van der Waals surface area contributed by atoms with Crippen LogP contribution in [0, 0.1) is 18.8 Å². The SMILES string of the molecule is Cc1cnc2c(C(=O)Nc3cc4cn(C5CCN(CC6CCN(c7ccc8c(c7)C(=O)N(C7CCC(=O)NC7=O)C8=O)CC6)CC5)nc4cc3OCC3CC3)cnn2c1. The number of benzene rings is 2. The Bertz CT molecular complexity index is 2530. The van der Waals surface area contributed by atoms with Gasteiger partial charge in [0.2, 0.25) is 11.8 Å². The molecule has 16 nitrogen and oxygen atoms in total. The smallest absolute Gasteiger partial charge is 0.262 e. The number of fused-ring (bicyclic) bond motifs is 3. The first-order valence-electron chi connectivity index (χ1n) is 20.7. The molecule has 7 heterocycles. The summed E-state index contributed by atoms with van der Waals surface area (Å²) in [7, 11) is 0. The van der Waals surface area contributed by atoms with Crippen LogP contribution in [0.1, 0.15) is 94.0 Å². The molecule has 3 aromatic heterocycles. The third-order valence-corrected chi connectivity index (χ3v) is 12.6. The number of aryl methyl sites for hydroxylation is 1. The fourth-order valence-electron chi connectivity index (χ4n) is 9.05. The van der Waals surface area contributed by atoms with E-state index in [9.17, 15) is 24.0 Å². The van der Waals surface area contributed by atoms with E-state index in [-0.39, 0.29) is 30.7 Å². The van der Waals surface area contributed by atoms with Crippen molar-refractivity contribution < 1.29 is 28.7 Å². The highest BCUT2D eigenvalue weighted by Crippen LogP contribution is 2.37. The van der Waals surface area contributed by atoms with Gasteiger partial charge in [-0.2, -0.15) is 10.2 Å². The van der Waals surface area contributed by atoms with Gasteiger partial charge in [0.1, 0.15) is 17.4 Å². The van der Waals surface area contributed by atoms with Crippen LogP contribution in [0.2, 0.25) is 0 Å². The lowest BCUT2D eigenvalue weighted by Gasteiger charge is -2.38. The van der Waals surface area contributed by atoms with Crippen molar-refractivity contribution in [1.29, 1.82) is 0 Å². The third-order valence-electron chi connectivity index (χ3n) is 12.6. The second kappa shape index (κ2) is 14.9. The number of likely N-dealkylation sites (tertiary alicyclic amines) is 1. The van der Waals surface area contributed by atoms with E-state index in [0.717, 1.165) is 98.3 Å². The zero-order valence-electron chi connectivity index (χ0n) is 32.9. The van der Waals surface area contributed by atoms with Gasteiger partial charge in [-0.15, -0.1) is 0 Å². The Morgan fingerprint density at radius 1 is 0.881 bits per heavy atom. The molecule has 3 saturated heterocycles. The average Bonchev–Trinajstić information content (AvgIpc) is 3.74. The van der Waals surface area contributed by atoms with Crippen LogP contribution in [0.15, 0.2) is 55.1 Å². The van der Waals surface area contributed by atoms with Crippen molar-refractivity contribution in [2.45, 2.75) is 70.4 Å². The summed E-state index contributed by atoms with van der Waals surface area (Å²) in [6.07, 6.45) is 13.8. The molecule has 2 aromatic carbocycles. The minimum atomic E-state index is -0.971. The number of nitrogens with zero attached hydrogens (tertiary/aromatic N) is 8. The van der Waals surface area contributed by atoms with E-state index in [2.05, 4.69) is 41.4 Å². The molecule has 1 atom stereocenters. The van der Waals surface area contributed by atoms with Gasteiger partial charge in [0.05, 0.1) is 41.2 Å². The minimum Gasteiger partial charge on any atom is -0.491 e. The van der Waals surface area contributed by atoms with Crippen LogP contribution in [-0.2, 0) is 9.59 Å². The molecule has 0 spiro atoms. The molecule has 1 aliphatic carbocycles. The number of imide groups is 2. The number of anilines is 2. The first-order valence-corrected chi connectivity index (χ1v) is 20.7. The van der Waals surface area contributed by atoms with Gasteiger partial charge >= 0.3 is 0 Å². The summed E-state index contributed by atoms with van der Waals surface area (Å²) < 4.78 is 9.97. The fourth-order valence-corrected chi connectivity index (χ4v) is 9.05. The number of rotatable bonds is 10. The number of piperidine rings is 3. The van der Waals surface area contributed by atoms with Crippen molar-refractivity contribution >= 4 is 57.5 Å². The van der Waals surface area contributed by atoms with E-state index in [1.807, 2.05) is 31.3 Å². The second-order valence-corrected chi connectivity index (χ2v) is 16.8. The van der Waals surface area contributed by atoms with Crippen LogP contribution in [0.25, 0.3) is 16.6 Å². The first kappa shape index (κ1) is 37.1. The van der Waals surface area contributed by atoms with Crippen molar-refractivity contribution in [3.05, 3.63) is 77.4 Å². The summed E-state index contributed by atoms with van der Waals surface area (Å²) in [4.78, 5) is 74.5. The Labute approximate surface area is 339 Å². The zero-order chi connectivity index (χ0) is 40.4. The van der Waals surface area contributed by atoms with Crippen molar-refractivity contribution in [2.24, 2.45) is 11.8 Å². The van der Waals surface area contributed by atoms with Crippen molar-refractivity contribution in [1.82, 2.24) is 39.5 Å². The van der Waals surface area contributed by atoms with Gasteiger partial charge in [0.15, 0.2) is 5.65 Å². The summed E-state index contributed by atoms with van der Waals surface area (Å²) in [5.74, 6) is -0.544. The van der Waals surface area contributed by atoms with E-state index in [1.165, 1.54) is 0 Å². The van der Waals surface area contributed by atoms with E-state index < -0.39 is 23.8 Å². The summed E-state index contributed by atoms with van der Waals surface area (Å²) in [6, 6.07) is 8.56. The van der Waals surface area contributed by atoms with Gasteiger partial charge < -0.3 is 19.9 Å². The average molecular weight is 799 g/mol. The van der Waals surface area contributed by atoms with Gasteiger partial charge in [0.25, 0.3) is 17.7 Å². The minimum absolute atomic E-state index is 0.0936. The predicted octanol–water partition coefficient (Wildman–Crippen LogP) is 4.38. The molecule has 5 aliphatic rings. The lowest BCUT2D eigenvalue weighted by molar-refractivity contribution is -0.136. The van der Waals surface area contributed by atoms with Gasteiger partial charge in [-0.1, -0.05) is 0 Å². The topological polar surface area (TPSA) is 176 Å². The molecule has 5 amide bonds. The molecule has 1 saturated carbocycles. The molecule has 0 bridgehead atoms. The van der Waals surface area contributed by atoms with Crippen LogP contribution >= 0.6 is 0 Å². The molecular weight excluding hydrogens is 753 g/mol. The number of hydrogen-bond acceptors (Lipinski definition) is 11. The van der Waals surface area contributed by atoms with Crippen LogP contribution in [0.3, 0.4) is 0 Å². The predicted molar refractivity (Wildman–Crippen MR) is 216 cm³/mol. The molecule has 16 heteroatoms. The maximum Gasteiger partial charge on any atom is 0.262 e. The Morgan fingerprint density at radius 2 is 1.68 bits per heavy atom. The molecule has 304 valence electrons.